The van der Waals surface area contributed by atoms with E-state index in [1.165, 1.54) is 16.5 Å². The highest BCUT2D eigenvalue weighted by molar-refractivity contribution is 7.89. The first kappa shape index (κ1) is 23.9. The Hall–Kier alpha value is -2.46. The van der Waals surface area contributed by atoms with Gasteiger partial charge in [-0.25, -0.2) is 13.1 Å². The Bertz CT molecular complexity index is 1430. The summed E-state index contributed by atoms with van der Waals surface area (Å²) in [5.74, 6) is 1.82. The van der Waals surface area contributed by atoms with Gasteiger partial charge >= 0.3 is 0 Å². The molecule has 0 amide bonds. The number of nitrogens with zero attached hydrogens (tertiary/aromatic N) is 3. The molecule has 2 aromatic heterocycles. The van der Waals surface area contributed by atoms with Crippen LogP contribution in [0.25, 0.3) is 21.0 Å². The minimum absolute atomic E-state index is 0.0244. The third kappa shape index (κ3) is 4.89. The van der Waals surface area contributed by atoms with Gasteiger partial charge in [0.2, 0.25) is 10.0 Å². The molecule has 7 nitrogen and oxygen atoms in total. The summed E-state index contributed by atoms with van der Waals surface area (Å²) in [6.07, 6.45) is 6.81. The van der Waals surface area contributed by atoms with E-state index < -0.39 is 10.0 Å². The molecule has 36 heavy (non-hydrogen) atoms. The number of para-hydroxylation sites is 1. The predicted octanol–water partition coefficient (Wildman–Crippen LogP) is 4.83. The molecule has 1 saturated heterocycles. The summed E-state index contributed by atoms with van der Waals surface area (Å²) in [5, 5.41) is 2.02. The molecular weight excluding hydrogens is 490 g/mol. The Morgan fingerprint density at radius 3 is 2.47 bits per heavy atom. The average Bonchev–Trinajstić information content (AvgIpc) is 3.54. The van der Waals surface area contributed by atoms with Crippen molar-refractivity contribution in [2.45, 2.75) is 43.0 Å². The van der Waals surface area contributed by atoms with Crippen molar-refractivity contribution in [3.8, 4) is 0 Å². The molecule has 2 N–H and O–H groups in total. The third-order valence-electron chi connectivity index (χ3n) is 7.89. The molecule has 3 heterocycles. The van der Waals surface area contributed by atoms with Gasteiger partial charge in [-0.3, -0.25) is 4.90 Å². The maximum Gasteiger partial charge on any atom is 0.242 e. The van der Waals surface area contributed by atoms with Crippen molar-refractivity contribution in [2.24, 2.45) is 5.92 Å². The zero-order valence-corrected chi connectivity index (χ0v) is 22.0. The summed E-state index contributed by atoms with van der Waals surface area (Å²) >= 11 is 1.59. The number of piperazine rings is 1. The van der Waals surface area contributed by atoms with Gasteiger partial charge in [-0.15, -0.1) is 0 Å². The number of H-pyrrole nitrogens is 1. The number of nitrogens with one attached hydrogen (secondary N) is 2. The van der Waals surface area contributed by atoms with E-state index in [1.54, 1.807) is 17.7 Å². The van der Waals surface area contributed by atoms with Gasteiger partial charge in [-0.2, -0.15) is 4.37 Å². The number of aromatic nitrogens is 2. The minimum Gasteiger partial charge on any atom is -0.360 e. The standard InChI is InChI=1S/C27H33N5O2S2/c33-36(34,26-19-28-24-7-3-1-5-22(24)26)30-21-11-9-20(10-12-21)13-14-31-15-17-32(18-16-31)27-23-6-2-4-8-25(23)35-29-27/h1-8,19-21,28,30H,9-18H2. The van der Waals surface area contributed by atoms with Crippen LogP contribution < -0.4 is 9.62 Å². The molecule has 0 atom stereocenters. The highest BCUT2D eigenvalue weighted by atomic mass is 32.2. The number of hydrogen-bond acceptors (Lipinski definition) is 6. The zero-order chi connectivity index (χ0) is 24.5. The molecule has 6 rings (SSSR count). The summed E-state index contributed by atoms with van der Waals surface area (Å²) in [4.78, 5) is 8.44. The Morgan fingerprint density at radius 2 is 1.67 bits per heavy atom. The zero-order valence-electron chi connectivity index (χ0n) is 20.4. The first-order valence-electron chi connectivity index (χ1n) is 13.0. The van der Waals surface area contributed by atoms with Crippen LogP contribution in [0.3, 0.4) is 0 Å². The van der Waals surface area contributed by atoms with Crippen LogP contribution in [0.1, 0.15) is 32.1 Å². The second kappa shape index (κ2) is 10.1. The molecule has 0 unspecified atom stereocenters. The van der Waals surface area contributed by atoms with Crippen LogP contribution in [0.4, 0.5) is 5.82 Å². The molecule has 2 fully saturated rings. The van der Waals surface area contributed by atoms with Crippen molar-refractivity contribution in [3.05, 3.63) is 54.7 Å². The van der Waals surface area contributed by atoms with Crippen molar-refractivity contribution in [1.82, 2.24) is 19.0 Å². The predicted molar refractivity (Wildman–Crippen MR) is 147 cm³/mol. The summed E-state index contributed by atoms with van der Waals surface area (Å²) in [6.45, 7) is 5.32. The molecule has 0 bridgehead atoms. The van der Waals surface area contributed by atoms with Gasteiger partial charge in [0.15, 0.2) is 0 Å². The smallest absolute Gasteiger partial charge is 0.242 e. The van der Waals surface area contributed by atoms with E-state index in [2.05, 4.69) is 43.8 Å². The summed E-state index contributed by atoms with van der Waals surface area (Å²) in [6, 6.07) is 16.1. The highest BCUT2D eigenvalue weighted by Gasteiger charge is 2.28. The minimum atomic E-state index is -3.53. The monoisotopic (exact) mass is 523 g/mol. The molecule has 1 saturated carbocycles. The van der Waals surface area contributed by atoms with Crippen LogP contribution >= 0.6 is 11.5 Å². The van der Waals surface area contributed by atoms with Crippen LogP contribution in [0.5, 0.6) is 0 Å². The van der Waals surface area contributed by atoms with Gasteiger partial charge in [0.1, 0.15) is 10.7 Å². The highest BCUT2D eigenvalue weighted by Crippen LogP contribution is 2.31. The summed E-state index contributed by atoms with van der Waals surface area (Å²) < 4.78 is 35.0. The molecule has 0 radical (unpaired) electrons. The lowest BCUT2D eigenvalue weighted by molar-refractivity contribution is 0.214. The topological polar surface area (TPSA) is 81.3 Å². The fourth-order valence-electron chi connectivity index (χ4n) is 5.77. The van der Waals surface area contributed by atoms with Crippen molar-refractivity contribution < 1.29 is 8.42 Å². The Labute approximate surface area is 216 Å². The van der Waals surface area contributed by atoms with Gasteiger partial charge in [-0.05, 0) is 74.3 Å². The lowest BCUT2D eigenvalue weighted by Crippen LogP contribution is -2.47. The van der Waals surface area contributed by atoms with Crippen LogP contribution in [0.2, 0.25) is 0 Å². The normalized spacial score (nSPS) is 21.9. The van der Waals surface area contributed by atoms with E-state index in [9.17, 15) is 8.42 Å². The summed E-state index contributed by atoms with van der Waals surface area (Å²) in [5.41, 5.74) is 0.849. The van der Waals surface area contributed by atoms with Crippen LogP contribution in [-0.2, 0) is 10.0 Å². The first-order chi connectivity index (χ1) is 17.6. The molecule has 9 heteroatoms. The molecule has 1 aliphatic carbocycles. The fourth-order valence-corrected chi connectivity index (χ4v) is 8.05. The molecule has 2 aliphatic rings. The van der Waals surface area contributed by atoms with Gasteiger partial charge in [0.25, 0.3) is 0 Å². The second-order valence-electron chi connectivity index (χ2n) is 10.2. The van der Waals surface area contributed by atoms with Gasteiger partial charge in [-0.1, -0.05) is 30.3 Å². The lowest BCUT2D eigenvalue weighted by Gasteiger charge is -2.36. The van der Waals surface area contributed by atoms with Gasteiger partial charge in [0.05, 0.1) is 4.70 Å². The maximum atomic E-state index is 13.0. The first-order valence-corrected chi connectivity index (χ1v) is 15.2. The number of anilines is 1. The second-order valence-corrected chi connectivity index (χ2v) is 12.6. The van der Waals surface area contributed by atoms with E-state index in [0.29, 0.717) is 10.8 Å². The van der Waals surface area contributed by atoms with Crippen molar-refractivity contribution in [1.29, 1.82) is 0 Å². The van der Waals surface area contributed by atoms with Crippen LogP contribution in [-0.4, -0.2) is 61.4 Å². The number of benzene rings is 2. The molecule has 0 spiro atoms. The van der Waals surface area contributed by atoms with Crippen molar-refractivity contribution in [3.63, 3.8) is 0 Å². The van der Waals surface area contributed by atoms with Crippen LogP contribution in [0.15, 0.2) is 59.6 Å². The summed E-state index contributed by atoms with van der Waals surface area (Å²) in [7, 11) is -3.53. The van der Waals surface area contributed by atoms with Gasteiger partial charge < -0.3 is 9.88 Å². The molecule has 4 aromatic rings. The van der Waals surface area contributed by atoms with Crippen molar-refractivity contribution in [2.75, 3.05) is 37.6 Å². The molecule has 190 valence electrons. The number of sulfonamides is 1. The lowest BCUT2D eigenvalue weighted by atomic mass is 9.84. The number of rotatable bonds is 7. The Kier molecular flexibility index (Phi) is 6.73. The number of aromatic amines is 1. The van der Waals surface area contributed by atoms with E-state index >= 15 is 0 Å². The van der Waals surface area contributed by atoms with E-state index in [1.807, 2.05) is 24.3 Å². The Balaban J connectivity index is 0.959. The van der Waals surface area contributed by atoms with Gasteiger partial charge in [0, 0.05) is 54.7 Å². The largest absolute Gasteiger partial charge is 0.360 e. The third-order valence-corrected chi connectivity index (χ3v) is 10.3. The number of hydrogen-bond donors (Lipinski definition) is 2. The average molecular weight is 524 g/mol. The molecule has 2 aromatic carbocycles. The van der Waals surface area contributed by atoms with E-state index in [-0.39, 0.29) is 6.04 Å². The van der Waals surface area contributed by atoms with E-state index in [0.717, 1.165) is 75.1 Å². The van der Waals surface area contributed by atoms with E-state index in [4.69, 9.17) is 4.37 Å². The fraction of sp³-hybridized carbons (Fsp3) is 0.444. The van der Waals surface area contributed by atoms with Crippen molar-refractivity contribution >= 4 is 48.4 Å². The Morgan fingerprint density at radius 1 is 0.944 bits per heavy atom. The maximum absolute atomic E-state index is 13.0. The van der Waals surface area contributed by atoms with Crippen LogP contribution in [0, 0.1) is 5.92 Å². The molecular formula is C27H33N5O2S2. The quantitative estimate of drug-likeness (QED) is 0.363. The SMILES string of the molecule is O=S(=O)(NC1CCC(CCN2CCN(c3nsc4ccccc34)CC2)CC1)c1c[nH]c2ccccc12. The number of fused-ring (bicyclic) bond motifs is 2. The molecule has 1 aliphatic heterocycles.